The Morgan fingerprint density at radius 3 is 2.78 bits per heavy atom. The fraction of sp³-hybridized carbons (Fsp3) is 0.316. The maximum atomic E-state index is 13.6. The quantitative estimate of drug-likeness (QED) is 0.891. The van der Waals surface area contributed by atoms with E-state index in [1.807, 2.05) is 12.1 Å². The Balaban J connectivity index is 1.54. The van der Waals surface area contributed by atoms with E-state index in [0.717, 1.165) is 12.8 Å². The standard InChI is InChI=1S/C19H20FNO2/c20-17-8-4-3-7-16(17)18(22)12-21-19(23)11-14-10-9-13-5-1-2-6-15(13)14/h1-8,14,18,22H,9-12H2,(H,21,23). The van der Waals surface area contributed by atoms with Crippen molar-refractivity contribution in [1.82, 2.24) is 5.32 Å². The van der Waals surface area contributed by atoms with E-state index in [4.69, 9.17) is 0 Å². The van der Waals surface area contributed by atoms with Gasteiger partial charge in [0, 0.05) is 18.5 Å². The zero-order valence-electron chi connectivity index (χ0n) is 12.8. The Bertz CT molecular complexity index is 701. The first-order chi connectivity index (χ1) is 11.1. The van der Waals surface area contributed by atoms with Gasteiger partial charge in [0.15, 0.2) is 0 Å². The van der Waals surface area contributed by atoms with Gasteiger partial charge in [-0.15, -0.1) is 0 Å². The van der Waals surface area contributed by atoms with Crippen LogP contribution < -0.4 is 5.32 Å². The summed E-state index contributed by atoms with van der Waals surface area (Å²) in [5, 5.41) is 12.7. The van der Waals surface area contributed by atoms with E-state index >= 15 is 0 Å². The number of aliphatic hydroxyl groups excluding tert-OH is 1. The molecule has 0 heterocycles. The monoisotopic (exact) mass is 313 g/mol. The molecule has 2 atom stereocenters. The molecule has 2 aromatic rings. The van der Waals surface area contributed by atoms with Gasteiger partial charge in [-0.05, 0) is 36.0 Å². The van der Waals surface area contributed by atoms with Crippen molar-refractivity contribution in [3.05, 3.63) is 71.0 Å². The van der Waals surface area contributed by atoms with Gasteiger partial charge in [0.2, 0.25) is 5.91 Å². The van der Waals surface area contributed by atoms with Gasteiger partial charge in [0.05, 0.1) is 6.10 Å². The number of fused-ring (bicyclic) bond motifs is 1. The van der Waals surface area contributed by atoms with Gasteiger partial charge in [-0.3, -0.25) is 4.79 Å². The third-order valence-electron chi connectivity index (χ3n) is 4.45. The van der Waals surface area contributed by atoms with Gasteiger partial charge >= 0.3 is 0 Å². The first-order valence-electron chi connectivity index (χ1n) is 7.92. The number of amides is 1. The van der Waals surface area contributed by atoms with Crippen molar-refractivity contribution in [1.29, 1.82) is 0 Å². The van der Waals surface area contributed by atoms with Crippen LogP contribution in [0.2, 0.25) is 0 Å². The molecule has 1 aliphatic carbocycles. The van der Waals surface area contributed by atoms with E-state index in [-0.39, 0.29) is 23.9 Å². The van der Waals surface area contributed by atoms with Crippen molar-refractivity contribution in [2.24, 2.45) is 0 Å². The minimum atomic E-state index is -1.03. The SMILES string of the molecule is O=C(CC1CCc2ccccc21)NCC(O)c1ccccc1F. The molecule has 120 valence electrons. The molecular formula is C19H20FNO2. The number of rotatable bonds is 5. The summed E-state index contributed by atoms with van der Waals surface area (Å²) in [5.74, 6) is -0.335. The van der Waals surface area contributed by atoms with Crippen LogP contribution in [0.15, 0.2) is 48.5 Å². The largest absolute Gasteiger partial charge is 0.386 e. The highest BCUT2D eigenvalue weighted by Gasteiger charge is 2.24. The Morgan fingerprint density at radius 1 is 1.22 bits per heavy atom. The third-order valence-corrected chi connectivity index (χ3v) is 4.45. The summed E-state index contributed by atoms with van der Waals surface area (Å²) in [7, 11) is 0. The Kier molecular flexibility index (Phi) is 4.72. The molecule has 0 saturated heterocycles. The van der Waals surface area contributed by atoms with Crippen LogP contribution in [0.4, 0.5) is 4.39 Å². The molecule has 1 amide bonds. The van der Waals surface area contributed by atoms with Crippen molar-refractivity contribution in [3.63, 3.8) is 0 Å². The minimum Gasteiger partial charge on any atom is -0.386 e. The highest BCUT2D eigenvalue weighted by atomic mass is 19.1. The summed E-state index contributed by atoms with van der Waals surface area (Å²) in [6.07, 6.45) is 1.35. The molecule has 4 heteroatoms. The number of nitrogens with one attached hydrogen (secondary N) is 1. The predicted octanol–water partition coefficient (Wildman–Crippen LogP) is 3.10. The average Bonchev–Trinajstić information content (AvgIpc) is 2.96. The summed E-state index contributed by atoms with van der Waals surface area (Å²) in [4.78, 5) is 12.1. The van der Waals surface area contributed by atoms with E-state index in [1.165, 1.54) is 23.3 Å². The van der Waals surface area contributed by atoms with Crippen LogP contribution in [0.25, 0.3) is 0 Å². The molecule has 0 bridgehead atoms. The number of aryl methyl sites for hydroxylation is 1. The lowest BCUT2D eigenvalue weighted by molar-refractivity contribution is -0.122. The lowest BCUT2D eigenvalue weighted by atomic mass is 9.97. The van der Waals surface area contributed by atoms with Crippen LogP contribution >= 0.6 is 0 Å². The van der Waals surface area contributed by atoms with E-state index in [1.54, 1.807) is 12.1 Å². The van der Waals surface area contributed by atoms with Crippen LogP contribution in [0.1, 0.15) is 41.6 Å². The van der Waals surface area contributed by atoms with Gasteiger partial charge in [-0.25, -0.2) is 4.39 Å². The number of hydrogen-bond acceptors (Lipinski definition) is 2. The smallest absolute Gasteiger partial charge is 0.220 e. The number of aliphatic hydroxyl groups is 1. The molecule has 2 aromatic carbocycles. The van der Waals surface area contributed by atoms with E-state index in [9.17, 15) is 14.3 Å². The van der Waals surface area contributed by atoms with Crippen LogP contribution in [-0.4, -0.2) is 17.6 Å². The normalized spacial score (nSPS) is 17.6. The van der Waals surface area contributed by atoms with E-state index in [0.29, 0.717) is 6.42 Å². The maximum Gasteiger partial charge on any atom is 0.220 e. The number of halogens is 1. The van der Waals surface area contributed by atoms with E-state index < -0.39 is 11.9 Å². The molecule has 3 rings (SSSR count). The molecule has 0 aliphatic heterocycles. The van der Waals surface area contributed by atoms with Gasteiger partial charge in [0.25, 0.3) is 0 Å². The second kappa shape index (κ2) is 6.92. The molecule has 2 unspecified atom stereocenters. The molecule has 0 radical (unpaired) electrons. The Hall–Kier alpha value is -2.20. The molecule has 3 nitrogen and oxygen atoms in total. The number of carbonyl (C=O) groups is 1. The minimum absolute atomic E-state index is 0.0220. The topological polar surface area (TPSA) is 49.3 Å². The summed E-state index contributed by atoms with van der Waals surface area (Å²) in [6.45, 7) is 0.0220. The number of carbonyl (C=O) groups excluding carboxylic acids is 1. The van der Waals surface area contributed by atoms with Crippen molar-refractivity contribution < 1.29 is 14.3 Å². The van der Waals surface area contributed by atoms with Crippen LogP contribution in [0.3, 0.4) is 0 Å². The molecule has 1 aliphatic rings. The Labute approximate surface area is 135 Å². The lowest BCUT2D eigenvalue weighted by Crippen LogP contribution is -2.29. The Morgan fingerprint density at radius 2 is 1.96 bits per heavy atom. The molecule has 0 spiro atoms. The molecule has 0 aromatic heterocycles. The first-order valence-corrected chi connectivity index (χ1v) is 7.92. The average molecular weight is 313 g/mol. The summed E-state index contributed by atoms with van der Waals surface area (Å²) in [5.41, 5.74) is 2.77. The predicted molar refractivity (Wildman–Crippen MR) is 86.5 cm³/mol. The number of hydrogen-bond donors (Lipinski definition) is 2. The van der Waals surface area contributed by atoms with Crippen molar-refractivity contribution >= 4 is 5.91 Å². The second-order valence-electron chi connectivity index (χ2n) is 5.98. The molecule has 0 fully saturated rings. The van der Waals surface area contributed by atoms with Crippen molar-refractivity contribution in [2.45, 2.75) is 31.3 Å². The summed E-state index contributed by atoms with van der Waals surface area (Å²) >= 11 is 0. The van der Waals surface area contributed by atoms with Crippen LogP contribution in [0.5, 0.6) is 0 Å². The second-order valence-corrected chi connectivity index (χ2v) is 5.98. The van der Waals surface area contributed by atoms with Gasteiger partial charge < -0.3 is 10.4 Å². The summed E-state index contributed by atoms with van der Waals surface area (Å²) in [6, 6.07) is 14.3. The molecule has 2 N–H and O–H groups in total. The molecule has 23 heavy (non-hydrogen) atoms. The van der Waals surface area contributed by atoms with Crippen molar-refractivity contribution in [2.75, 3.05) is 6.54 Å². The highest BCUT2D eigenvalue weighted by molar-refractivity contribution is 5.77. The first kappa shape index (κ1) is 15.7. The maximum absolute atomic E-state index is 13.6. The molecular weight excluding hydrogens is 293 g/mol. The zero-order chi connectivity index (χ0) is 16.2. The zero-order valence-corrected chi connectivity index (χ0v) is 12.8. The fourth-order valence-electron chi connectivity index (χ4n) is 3.22. The molecule has 0 saturated carbocycles. The highest BCUT2D eigenvalue weighted by Crippen LogP contribution is 2.35. The third kappa shape index (κ3) is 3.59. The van der Waals surface area contributed by atoms with Gasteiger partial charge in [-0.2, -0.15) is 0 Å². The summed E-state index contributed by atoms with van der Waals surface area (Å²) < 4.78 is 13.6. The van der Waals surface area contributed by atoms with Crippen molar-refractivity contribution in [3.8, 4) is 0 Å². The van der Waals surface area contributed by atoms with Crippen LogP contribution in [0, 0.1) is 5.82 Å². The van der Waals surface area contributed by atoms with E-state index in [2.05, 4.69) is 17.4 Å². The van der Waals surface area contributed by atoms with Gasteiger partial charge in [0.1, 0.15) is 5.82 Å². The fourth-order valence-corrected chi connectivity index (χ4v) is 3.22. The lowest BCUT2D eigenvalue weighted by Gasteiger charge is -2.15. The van der Waals surface area contributed by atoms with Crippen LogP contribution in [-0.2, 0) is 11.2 Å². The van der Waals surface area contributed by atoms with Gasteiger partial charge in [-0.1, -0.05) is 42.5 Å². The number of benzene rings is 2.